The average molecular weight is 1590 g/mol. The first kappa shape index (κ1) is 103. The van der Waals surface area contributed by atoms with E-state index in [0.717, 1.165) is 0 Å². The molecule has 132 heavy (non-hydrogen) atoms. The molecule has 0 fully saturated rings. The van der Waals surface area contributed by atoms with Crippen molar-refractivity contribution in [2.45, 2.75) is 0 Å². The van der Waals surface area contributed by atoms with Gasteiger partial charge in [0.25, 0.3) is 0 Å². The second kappa shape index (κ2) is 102. The topological polar surface area (TPSA) is 0 Å². The summed E-state index contributed by atoms with van der Waals surface area (Å²) in [5, 5.41) is 0. The van der Waals surface area contributed by atoms with Crippen LogP contribution < -0.4 is 0 Å². The Labute approximate surface area is 777 Å². The molecule has 0 saturated heterocycles. The molecular weight excluding hydrogens is 1590 g/mol. The second-order valence-corrected chi connectivity index (χ2v) is 16.4. The van der Waals surface area contributed by atoms with Crippen molar-refractivity contribution in [3.63, 3.8) is 0 Å². The van der Waals surface area contributed by atoms with Crippen LogP contribution in [0.15, 0.2) is 0 Å². The summed E-state index contributed by atoms with van der Waals surface area (Å²) in [5.41, 5.74) is 0. The van der Waals surface area contributed by atoms with E-state index in [1.165, 1.54) is 0 Å². The van der Waals surface area contributed by atoms with Crippen LogP contribution in [-0.2, 0) is 0 Å². The molecule has 0 saturated carbocycles. The zero-order valence-electron chi connectivity index (χ0n) is 66.4. The summed E-state index contributed by atoms with van der Waals surface area (Å²) < 4.78 is 0. The van der Waals surface area contributed by atoms with Gasteiger partial charge in [0.1, 0.15) is 0 Å². The highest BCUT2D eigenvalue weighted by Gasteiger charge is 1.70. The standard InChI is InChI=1S/C132H4/c1-3-5-7-9-11-13-15-17-19-21-23-25-27-29-31-33-35-37-39-41-43-45-47-49-51-53-55-57-59-61-63-65-67-69-71-73-75-77-79-81-83-85-87-89-91-93-95-97-99-101-103-105-107-109-111-113-115-117-119-121-123-125-127-129-131-132-130-128-126-124-122-120-118-116-114-112-110-108-106-104-102-100-98-96-94-92-90-88-86-84-82-80-78-76-74-72-70-68-66-64-62-60-58-56-54-52-50-48-46-44-42-40-38-36-34-32-30-28-26-24-22-20-18-16-14-12-10-8-6-4-2/h1-2H2/q-2. The van der Waals surface area contributed by atoms with E-state index >= 15 is 0 Å². The van der Waals surface area contributed by atoms with Crippen LogP contribution in [0.1, 0.15) is 0 Å². The van der Waals surface area contributed by atoms with Gasteiger partial charge < -0.3 is 0 Å². The SMILES string of the molecule is [CH2-]C#CC#CC#CC#CC#CC#CC#CC#CC#CC#CC#CC#CC#CC#CC#CC#CC#CC#CC#CC#CC#CC#CC#CC#CC#CC#CC#CC#CC#CC#CC#CC#CC#CC#CC#CC#CC#CC#CC#CC#CC#CC#CC#CC#CC#CC#CC#CC#CC#CC#CC#CC#CC#CC#CC#CC#CC#CC#CC#CC#CC#CC#CC#CC#CC#C[CH2-]. The lowest BCUT2D eigenvalue weighted by atomic mass is 10.4. The Balaban J connectivity index is 4.65. The predicted molar refractivity (Wildman–Crippen MR) is 516 cm³/mol. The summed E-state index contributed by atoms with van der Waals surface area (Å²) in [7, 11) is 0. The summed E-state index contributed by atoms with van der Waals surface area (Å²) in [6.45, 7) is 6.64. The van der Waals surface area contributed by atoms with Gasteiger partial charge in [-0.05, 0) is 94.7 Å². The van der Waals surface area contributed by atoms with Crippen LogP contribution in [0.3, 0.4) is 0 Å². The molecule has 0 aliphatic rings. The van der Waals surface area contributed by atoms with Crippen molar-refractivity contribution in [3.8, 4) is 770 Å². The predicted octanol–water partition coefficient (Wildman–Crippen LogP) is 0.876. The summed E-state index contributed by atoms with van der Waals surface area (Å²) in [6.07, 6.45) is 0. The molecule has 0 rings (SSSR count). The summed E-state index contributed by atoms with van der Waals surface area (Å²) in [6, 6.07) is 0. The molecule has 534 valence electrons. The van der Waals surface area contributed by atoms with Crippen molar-refractivity contribution in [3.05, 3.63) is 13.8 Å². The lowest BCUT2D eigenvalue weighted by Gasteiger charge is -1.64. The molecule has 0 heteroatoms. The second-order valence-electron chi connectivity index (χ2n) is 16.4. The quantitative estimate of drug-likeness (QED) is 0.250. The van der Waals surface area contributed by atoms with Gasteiger partial charge in [-0.15, -0.1) is 11.8 Å². The van der Waals surface area contributed by atoms with E-state index in [-0.39, 0.29) is 0 Å². The van der Waals surface area contributed by atoms with E-state index in [0.29, 0.717) is 0 Å². The first-order chi connectivity index (χ1) is 65.9. The summed E-state index contributed by atoms with van der Waals surface area (Å²) in [5.74, 6) is 324. The molecule has 0 amide bonds. The average Bonchev–Trinajstić information content (AvgIpc) is 1.11. The fraction of sp³-hybridized carbons (Fsp3) is 0. The van der Waals surface area contributed by atoms with E-state index < -0.39 is 0 Å². The van der Waals surface area contributed by atoms with Crippen LogP contribution in [0.5, 0.6) is 0 Å². The third kappa shape index (κ3) is 101. The van der Waals surface area contributed by atoms with E-state index in [1.807, 2.05) is 0 Å². The fourth-order valence-corrected chi connectivity index (χ4v) is 4.03. The van der Waals surface area contributed by atoms with Gasteiger partial charge in [0.15, 0.2) is 0 Å². The third-order valence-corrected chi connectivity index (χ3v) is 8.11. The zero-order valence-corrected chi connectivity index (χ0v) is 66.4. The van der Waals surface area contributed by atoms with Gasteiger partial charge in [-0.1, -0.05) is 0 Å². The fourth-order valence-electron chi connectivity index (χ4n) is 4.03. The van der Waals surface area contributed by atoms with Crippen LogP contribution in [-0.4, -0.2) is 0 Å². The van der Waals surface area contributed by atoms with Crippen LogP contribution in [0.2, 0.25) is 0 Å². The van der Waals surface area contributed by atoms with Crippen molar-refractivity contribution in [2.24, 2.45) is 0 Å². The number of hydrogen-bond acceptors (Lipinski definition) is 0. The van der Waals surface area contributed by atoms with Crippen molar-refractivity contribution < 1.29 is 0 Å². The minimum absolute atomic E-state index is 2.37. The Morgan fingerprint density at radius 3 is 0.0833 bits per heavy atom. The van der Waals surface area contributed by atoms with Gasteiger partial charge in [-0.2, -0.15) is 13.8 Å². The molecule has 0 aromatic rings. The Morgan fingerprint density at radius 2 is 0.0606 bits per heavy atom. The van der Waals surface area contributed by atoms with Crippen LogP contribution in [0.25, 0.3) is 0 Å². The minimum Gasteiger partial charge on any atom is -0.284 e. The smallest absolute Gasteiger partial charge is 0 e. The summed E-state index contributed by atoms with van der Waals surface area (Å²) in [4.78, 5) is 0. The number of hydrogen-bond donors (Lipinski definition) is 0. The normalized spacial score (nSPS) is 3.97. The Kier molecular flexibility index (Phi) is 79.8. The van der Waals surface area contributed by atoms with Crippen molar-refractivity contribution >= 4 is 0 Å². The molecule has 0 atom stereocenters. The highest BCUT2D eigenvalue weighted by molar-refractivity contribution is 5.59. The van der Waals surface area contributed by atoms with E-state index in [9.17, 15) is 0 Å². The van der Waals surface area contributed by atoms with E-state index in [2.05, 4.69) is 784 Å². The summed E-state index contributed by atoms with van der Waals surface area (Å²) >= 11 is 0. The van der Waals surface area contributed by atoms with Gasteiger partial charge in [0, 0.05) is 639 Å². The molecule has 0 heterocycles. The molecule has 0 nitrogen and oxygen atoms in total. The lowest BCUT2D eigenvalue weighted by molar-refractivity contribution is 2.31. The molecule has 0 aliphatic heterocycles. The Morgan fingerprint density at radius 1 is 0.0379 bits per heavy atom. The maximum atomic E-state index is 3.32. The molecule has 0 bridgehead atoms. The van der Waals surface area contributed by atoms with E-state index in [1.54, 1.807) is 0 Å². The highest BCUT2D eigenvalue weighted by atomic mass is 13.7. The largest absolute Gasteiger partial charge is 0.284 e. The highest BCUT2D eigenvalue weighted by Crippen LogP contribution is 1.70. The van der Waals surface area contributed by atoms with E-state index in [4.69, 9.17) is 0 Å². The molecule has 0 aromatic heterocycles. The van der Waals surface area contributed by atoms with Crippen molar-refractivity contribution in [1.82, 2.24) is 0 Å². The monoisotopic (exact) mass is 1590 g/mol. The van der Waals surface area contributed by atoms with Gasteiger partial charge in [-0.25, -0.2) is 11.8 Å². The Hall–Kier alpha value is -28.9. The molecule has 0 radical (unpaired) electrons. The Bertz CT molecular complexity index is 8700. The van der Waals surface area contributed by atoms with Crippen LogP contribution >= 0.6 is 0 Å². The van der Waals surface area contributed by atoms with Gasteiger partial charge >= 0.3 is 0 Å². The van der Waals surface area contributed by atoms with Crippen LogP contribution in [0.4, 0.5) is 0 Å². The number of rotatable bonds is 0. The van der Waals surface area contributed by atoms with Crippen LogP contribution in [0, 0.1) is 784 Å². The maximum absolute atomic E-state index is 3.32. The first-order valence-electron chi connectivity index (χ1n) is 33.0. The minimum atomic E-state index is 2.37. The third-order valence-electron chi connectivity index (χ3n) is 8.11. The molecule has 0 aliphatic carbocycles. The molecule has 0 aromatic carbocycles. The first-order valence-corrected chi connectivity index (χ1v) is 33.0. The van der Waals surface area contributed by atoms with Crippen molar-refractivity contribution in [2.75, 3.05) is 0 Å². The van der Waals surface area contributed by atoms with Crippen molar-refractivity contribution in [1.29, 1.82) is 0 Å². The maximum Gasteiger partial charge on any atom is 0 e. The molecule has 0 spiro atoms. The molecule has 0 unspecified atom stereocenters. The molecule has 0 N–H and O–H groups in total. The molecular formula is C132H4-2. The van der Waals surface area contributed by atoms with Gasteiger partial charge in [-0.3, -0.25) is 11.8 Å². The van der Waals surface area contributed by atoms with Gasteiger partial charge in [0.05, 0.1) is 0 Å². The zero-order chi connectivity index (χ0) is 93.9. The van der Waals surface area contributed by atoms with Gasteiger partial charge in [0.2, 0.25) is 0 Å². The lowest BCUT2D eigenvalue weighted by Crippen LogP contribution is -1.57.